The van der Waals surface area contributed by atoms with Crippen LogP contribution < -0.4 is 5.32 Å². The van der Waals surface area contributed by atoms with Gasteiger partial charge in [-0.05, 0) is 53.7 Å². The molecule has 2 heterocycles. The largest absolute Gasteiger partial charge is 0.350 e. The van der Waals surface area contributed by atoms with Gasteiger partial charge in [-0.25, -0.2) is 0 Å². The Balaban J connectivity index is 1.35. The minimum atomic E-state index is -0.0473. The molecule has 1 aliphatic rings. The average Bonchev–Trinajstić information content (AvgIpc) is 3.03. The fourth-order valence-corrected chi connectivity index (χ4v) is 4.50. The van der Waals surface area contributed by atoms with Crippen LogP contribution in [0.1, 0.15) is 21.6 Å². The number of likely N-dealkylation sites (N-methyl/N-ethyl adjacent to an activating group) is 1. The molecule has 2 amide bonds. The quantitative estimate of drug-likeness (QED) is 0.605. The number of fused-ring (bicyclic) bond motifs is 1. The summed E-state index contributed by atoms with van der Waals surface area (Å²) in [5, 5.41) is 4.09. The molecule has 2 aromatic carbocycles. The Kier molecular flexibility index (Phi) is 6.43. The van der Waals surface area contributed by atoms with E-state index in [1.165, 1.54) is 0 Å². The molecular formula is C24H27BrN4O2. The Bertz CT molecular complexity index is 1100. The summed E-state index contributed by atoms with van der Waals surface area (Å²) in [5.74, 6) is 0.0261. The van der Waals surface area contributed by atoms with Gasteiger partial charge in [0, 0.05) is 59.4 Å². The molecule has 0 atom stereocenters. The molecule has 0 bridgehead atoms. The highest BCUT2D eigenvalue weighted by Gasteiger charge is 2.20. The predicted octanol–water partition coefficient (Wildman–Crippen LogP) is 3.42. The Labute approximate surface area is 190 Å². The van der Waals surface area contributed by atoms with Crippen molar-refractivity contribution < 1.29 is 9.59 Å². The first kappa shape index (κ1) is 21.6. The molecule has 4 rings (SSSR count). The van der Waals surface area contributed by atoms with Crippen LogP contribution in [0.4, 0.5) is 0 Å². The van der Waals surface area contributed by atoms with Gasteiger partial charge in [0.15, 0.2) is 0 Å². The molecule has 6 nitrogen and oxygen atoms in total. The normalized spacial score (nSPS) is 14.7. The van der Waals surface area contributed by atoms with Crippen LogP contribution >= 0.6 is 15.9 Å². The maximum absolute atomic E-state index is 12.7. The Morgan fingerprint density at radius 2 is 1.68 bits per heavy atom. The highest BCUT2D eigenvalue weighted by Crippen LogP contribution is 2.30. The van der Waals surface area contributed by atoms with Crippen molar-refractivity contribution in [2.24, 2.45) is 0 Å². The molecule has 1 fully saturated rings. The van der Waals surface area contributed by atoms with E-state index in [9.17, 15) is 9.59 Å². The number of piperazine rings is 1. The van der Waals surface area contributed by atoms with Crippen LogP contribution in [-0.2, 0) is 17.9 Å². The monoisotopic (exact) mass is 482 g/mol. The lowest BCUT2D eigenvalue weighted by atomic mass is 10.1. The lowest BCUT2D eigenvalue weighted by molar-refractivity contribution is -0.121. The third kappa shape index (κ3) is 4.67. The number of hydrogen-bond donors (Lipinski definition) is 1. The summed E-state index contributed by atoms with van der Waals surface area (Å²) < 4.78 is 3.04. The van der Waals surface area contributed by atoms with E-state index in [0.29, 0.717) is 12.1 Å². The third-order valence-electron chi connectivity index (χ3n) is 5.94. The average molecular weight is 483 g/mol. The Hall–Kier alpha value is -2.64. The van der Waals surface area contributed by atoms with Crippen LogP contribution in [0.25, 0.3) is 10.9 Å². The van der Waals surface area contributed by atoms with Gasteiger partial charge in [0.05, 0.1) is 0 Å². The van der Waals surface area contributed by atoms with Crippen LogP contribution in [-0.4, -0.2) is 59.4 Å². The molecule has 1 aliphatic heterocycles. The molecule has 0 aliphatic carbocycles. The van der Waals surface area contributed by atoms with Crippen LogP contribution in [0.5, 0.6) is 0 Å². The second-order valence-electron chi connectivity index (χ2n) is 8.07. The number of carbonyl (C=O) groups excluding carboxylic acids is 2. The van der Waals surface area contributed by atoms with Gasteiger partial charge in [-0.3, -0.25) is 9.59 Å². The van der Waals surface area contributed by atoms with Crippen LogP contribution in [0.3, 0.4) is 0 Å². The summed E-state index contributed by atoms with van der Waals surface area (Å²) in [6.45, 7) is 6.03. The number of carbonyl (C=O) groups is 2. The second-order valence-corrected chi connectivity index (χ2v) is 8.86. The number of hydrogen-bond acceptors (Lipinski definition) is 3. The maximum atomic E-state index is 12.7. The van der Waals surface area contributed by atoms with Gasteiger partial charge in [0.2, 0.25) is 5.91 Å². The smallest absolute Gasteiger partial charge is 0.253 e. The minimum absolute atomic E-state index is 0.0473. The first-order valence-corrected chi connectivity index (χ1v) is 11.3. The summed E-state index contributed by atoms with van der Waals surface area (Å²) in [5.41, 5.74) is 3.73. The number of amides is 2. The molecule has 0 radical (unpaired) electrons. The van der Waals surface area contributed by atoms with Crippen molar-refractivity contribution in [2.45, 2.75) is 20.0 Å². The van der Waals surface area contributed by atoms with Gasteiger partial charge in [0.1, 0.15) is 6.54 Å². The van der Waals surface area contributed by atoms with E-state index in [-0.39, 0.29) is 18.4 Å². The van der Waals surface area contributed by atoms with Crippen molar-refractivity contribution in [1.29, 1.82) is 0 Å². The standard InChI is InChI=1S/C24H27BrN4O2/c1-17-23(25)20-5-3-4-6-21(20)29(17)16-22(30)26-15-18-7-9-19(10-8-18)24(31)28-13-11-27(2)12-14-28/h3-10H,11-16H2,1-2H3,(H,26,30). The van der Waals surface area contributed by atoms with Gasteiger partial charge in [0.25, 0.3) is 5.91 Å². The molecule has 0 unspecified atom stereocenters. The Morgan fingerprint density at radius 3 is 2.39 bits per heavy atom. The first-order chi connectivity index (χ1) is 14.9. The first-order valence-electron chi connectivity index (χ1n) is 10.5. The third-order valence-corrected chi connectivity index (χ3v) is 6.94. The summed E-state index contributed by atoms with van der Waals surface area (Å²) in [6.07, 6.45) is 0. The van der Waals surface area contributed by atoms with Crippen molar-refractivity contribution >= 4 is 38.6 Å². The van der Waals surface area contributed by atoms with Gasteiger partial charge < -0.3 is 19.7 Å². The van der Waals surface area contributed by atoms with Crippen molar-refractivity contribution in [3.8, 4) is 0 Å². The molecule has 7 heteroatoms. The number of aromatic nitrogens is 1. The van der Waals surface area contributed by atoms with E-state index < -0.39 is 0 Å². The van der Waals surface area contributed by atoms with Crippen LogP contribution in [0.2, 0.25) is 0 Å². The summed E-state index contributed by atoms with van der Waals surface area (Å²) in [4.78, 5) is 29.4. The van der Waals surface area contributed by atoms with Gasteiger partial charge >= 0.3 is 0 Å². The molecule has 162 valence electrons. The van der Waals surface area contributed by atoms with E-state index in [1.54, 1.807) is 0 Å². The number of nitrogens with zero attached hydrogens (tertiary/aromatic N) is 3. The minimum Gasteiger partial charge on any atom is -0.350 e. The van der Waals surface area contributed by atoms with Crippen molar-refractivity contribution in [1.82, 2.24) is 19.7 Å². The summed E-state index contributed by atoms with van der Waals surface area (Å²) in [6, 6.07) is 15.6. The lowest BCUT2D eigenvalue weighted by Gasteiger charge is -2.32. The molecule has 1 N–H and O–H groups in total. The number of benzene rings is 2. The number of nitrogens with one attached hydrogen (secondary N) is 1. The zero-order valence-electron chi connectivity index (χ0n) is 17.9. The molecule has 1 saturated heterocycles. The number of rotatable bonds is 5. The van der Waals surface area contributed by atoms with Gasteiger partial charge in [-0.1, -0.05) is 30.3 Å². The Morgan fingerprint density at radius 1 is 1.00 bits per heavy atom. The highest BCUT2D eigenvalue weighted by molar-refractivity contribution is 9.10. The van der Waals surface area contributed by atoms with Crippen LogP contribution in [0.15, 0.2) is 53.0 Å². The fourth-order valence-electron chi connectivity index (χ4n) is 3.95. The zero-order chi connectivity index (χ0) is 22.0. The summed E-state index contributed by atoms with van der Waals surface area (Å²) in [7, 11) is 2.07. The molecule has 0 saturated carbocycles. The predicted molar refractivity (Wildman–Crippen MR) is 126 cm³/mol. The fraction of sp³-hybridized carbons (Fsp3) is 0.333. The number of para-hydroxylation sites is 1. The maximum Gasteiger partial charge on any atom is 0.253 e. The number of halogens is 1. The van der Waals surface area contributed by atoms with Crippen LogP contribution in [0, 0.1) is 6.92 Å². The second kappa shape index (κ2) is 9.24. The molecule has 1 aromatic heterocycles. The van der Waals surface area contributed by atoms with E-state index in [0.717, 1.165) is 52.8 Å². The van der Waals surface area contributed by atoms with E-state index in [4.69, 9.17) is 0 Å². The molecule has 0 spiro atoms. The highest BCUT2D eigenvalue weighted by atomic mass is 79.9. The molecular weight excluding hydrogens is 456 g/mol. The van der Waals surface area contributed by atoms with E-state index >= 15 is 0 Å². The van der Waals surface area contributed by atoms with Crippen molar-refractivity contribution in [3.05, 3.63) is 69.8 Å². The van der Waals surface area contributed by atoms with Gasteiger partial charge in [-0.2, -0.15) is 0 Å². The van der Waals surface area contributed by atoms with Crippen molar-refractivity contribution in [2.75, 3.05) is 33.2 Å². The molecule has 31 heavy (non-hydrogen) atoms. The van der Waals surface area contributed by atoms with E-state index in [1.807, 2.05) is 64.9 Å². The van der Waals surface area contributed by atoms with Gasteiger partial charge in [-0.15, -0.1) is 0 Å². The van der Waals surface area contributed by atoms with Crippen molar-refractivity contribution in [3.63, 3.8) is 0 Å². The zero-order valence-corrected chi connectivity index (χ0v) is 19.5. The topological polar surface area (TPSA) is 57.6 Å². The molecule has 3 aromatic rings. The lowest BCUT2D eigenvalue weighted by Crippen LogP contribution is -2.47. The van der Waals surface area contributed by atoms with E-state index in [2.05, 4.69) is 33.2 Å². The summed E-state index contributed by atoms with van der Waals surface area (Å²) >= 11 is 3.63. The SMILES string of the molecule is Cc1c(Br)c2ccccc2n1CC(=O)NCc1ccc(C(=O)N2CCN(C)CC2)cc1.